The maximum atomic E-state index is 14.5. The number of nitrogens with zero attached hydrogens (tertiary/aromatic N) is 2. The van der Waals surface area contributed by atoms with Crippen molar-refractivity contribution in [2.24, 2.45) is 17.1 Å². The number of pyridine rings is 2. The van der Waals surface area contributed by atoms with Gasteiger partial charge in [-0.25, -0.2) is 19.2 Å². The number of anilines is 1. The van der Waals surface area contributed by atoms with Gasteiger partial charge in [-0.05, 0) is 65.2 Å². The number of aryl methyl sites for hydroxylation is 1. The monoisotopic (exact) mass is 490 g/mol. The summed E-state index contributed by atoms with van der Waals surface area (Å²) in [6, 6.07) is 4.51. The number of hydrogen-bond acceptors (Lipinski definition) is 8. The minimum Gasteiger partial charge on any atom is -0.472 e. The molecule has 0 aromatic carbocycles. The van der Waals surface area contributed by atoms with E-state index in [1.807, 2.05) is 13.8 Å². The van der Waals surface area contributed by atoms with Gasteiger partial charge in [0.25, 0.3) is 0 Å². The molecule has 0 saturated carbocycles. The predicted molar refractivity (Wildman–Crippen MR) is 130 cm³/mol. The van der Waals surface area contributed by atoms with Crippen molar-refractivity contribution in [1.82, 2.24) is 9.97 Å². The Balaban J connectivity index is 2.33. The third kappa shape index (κ3) is 7.35. The van der Waals surface area contributed by atoms with Crippen LogP contribution in [-0.2, 0) is 14.3 Å². The molecule has 1 unspecified atom stereocenters. The first-order chi connectivity index (χ1) is 16.2. The summed E-state index contributed by atoms with van der Waals surface area (Å²) >= 11 is 0. The molecular formula is C25H35FN4O5. The molecule has 0 saturated heterocycles. The van der Waals surface area contributed by atoms with Crippen molar-refractivity contribution in [2.75, 3.05) is 12.4 Å². The fourth-order valence-corrected chi connectivity index (χ4v) is 3.51. The van der Waals surface area contributed by atoms with E-state index in [9.17, 15) is 14.0 Å². The number of amides is 1. The molecule has 35 heavy (non-hydrogen) atoms. The molecule has 0 spiro atoms. The van der Waals surface area contributed by atoms with Crippen molar-refractivity contribution >= 4 is 17.9 Å². The smallest absolute Gasteiger partial charge is 0.412 e. The van der Waals surface area contributed by atoms with Gasteiger partial charge in [0.15, 0.2) is 12.0 Å². The van der Waals surface area contributed by atoms with Gasteiger partial charge in [-0.1, -0.05) is 13.8 Å². The number of aromatic nitrogens is 2. The van der Waals surface area contributed by atoms with Crippen LogP contribution in [-0.4, -0.2) is 41.0 Å². The van der Waals surface area contributed by atoms with Crippen LogP contribution in [0.2, 0.25) is 0 Å². The molecule has 2 atom stereocenters. The highest BCUT2D eigenvalue weighted by atomic mass is 19.1. The lowest BCUT2D eigenvalue weighted by atomic mass is 9.80. The largest absolute Gasteiger partial charge is 0.472 e. The van der Waals surface area contributed by atoms with E-state index in [0.29, 0.717) is 23.6 Å². The minimum atomic E-state index is -1.11. The average molecular weight is 491 g/mol. The third-order valence-corrected chi connectivity index (χ3v) is 5.16. The van der Waals surface area contributed by atoms with Crippen molar-refractivity contribution in [3.63, 3.8) is 0 Å². The molecule has 2 rings (SSSR count). The van der Waals surface area contributed by atoms with Crippen LogP contribution in [0.15, 0.2) is 24.4 Å². The van der Waals surface area contributed by atoms with E-state index in [2.05, 4.69) is 20.0 Å². The number of nitrogens with one attached hydrogen (secondary N) is 1. The van der Waals surface area contributed by atoms with Gasteiger partial charge in [0.05, 0.1) is 24.7 Å². The summed E-state index contributed by atoms with van der Waals surface area (Å²) in [7, 11) is 1.21. The molecule has 0 bridgehead atoms. The molecule has 192 valence electrons. The van der Waals surface area contributed by atoms with Crippen LogP contribution in [0.4, 0.5) is 15.0 Å². The summed E-state index contributed by atoms with van der Waals surface area (Å²) in [5.41, 5.74) is 5.48. The van der Waals surface area contributed by atoms with Gasteiger partial charge in [0.2, 0.25) is 0 Å². The molecule has 2 aromatic heterocycles. The second-order valence-electron chi connectivity index (χ2n) is 10.0. The summed E-state index contributed by atoms with van der Waals surface area (Å²) in [5, 5.41) is 2.39. The molecule has 3 N–H and O–H groups in total. The fourth-order valence-electron chi connectivity index (χ4n) is 3.51. The lowest BCUT2D eigenvalue weighted by Crippen LogP contribution is -2.52. The van der Waals surface area contributed by atoms with E-state index in [0.717, 1.165) is 6.20 Å². The van der Waals surface area contributed by atoms with E-state index in [1.165, 1.54) is 13.2 Å². The Hall–Kier alpha value is -3.27. The number of esters is 1. The first-order valence-corrected chi connectivity index (χ1v) is 11.3. The molecule has 0 aliphatic rings. The maximum absolute atomic E-state index is 14.5. The molecule has 10 heteroatoms. The highest BCUT2D eigenvalue weighted by molar-refractivity contribution is 5.84. The SMILES string of the molecule is COC(=O)Nc1cc(-c2ccc(O[C@H](N)C(C)(CC(C)C)C(=O)OC(C)(C)C)c(C)n2)c(F)cn1. The number of halogens is 1. The Bertz CT molecular complexity index is 1070. The molecule has 9 nitrogen and oxygen atoms in total. The van der Waals surface area contributed by atoms with Crippen molar-refractivity contribution in [1.29, 1.82) is 0 Å². The third-order valence-electron chi connectivity index (χ3n) is 5.16. The van der Waals surface area contributed by atoms with Gasteiger partial charge in [-0.3, -0.25) is 15.8 Å². The maximum Gasteiger partial charge on any atom is 0.412 e. The number of rotatable bonds is 8. The Morgan fingerprint density at radius 1 is 1.20 bits per heavy atom. The minimum absolute atomic E-state index is 0.108. The quantitative estimate of drug-likeness (QED) is 0.398. The van der Waals surface area contributed by atoms with Crippen molar-refractivity contribution in [3.05, 3.63) is 35.9 Å². The van der Waals surface area contributed by atoms with E-state index in [-0.39, 0.29) is 17.3 Å². The Morgan fingerprint density at radius 3 is 2.40 bits per heavy atom. The van der Waals surface area contributed by atoms with Gasteiger partial charge in [-0.15, -0.1) is 0 Å². The highest BCUT2D eigenvalue weighted by Gasteiger charge is 2.45. The summed E-state index contributed by atoms with van der Waals surface area (Å²) in [6.45, 7) is 12.8. The Morgan fingerprint density at radius 2 is 1.86 bits per heavy atom. The molecule has 0 radical (unpaired) electrons. The van der Waals surface area contributed by atoms with Gasteiger partial charge < -0.3 is 14.2 Å². The standard InChI is InChI=1S/C25H35FN4O5/c1-14(2)12-25(7,22(31)35-24(4,5)6)21(27)34-19-10-9-18(29-15(19)3)16-11-20(28-13-17(16)26)30-23(32)33-8/h9-11,13-14,21H,12,27H2,1-8H3,(H,28,30,32)/t21-,25?/m0/s1. The van der Waals surface area contributed by atoms with Crippen LogP contribution in [0.5, 0.6) is 5.75 Å². The topological polar surface area (TPSA) is 126 Å². The highest BCUT2D eigenvalue weighted by Crippen LogP contribution is 2.35. The predicted octanol–water partition coefficient (Wildman–Crippen LogP) is 4.83. The molecule has 1 amide bonds. The lowest BCUT2D eigenvalue weighted by molar-refractivity contribution is -0.174. The van der Waals surface area contributed by atoms with Crippen LogP contribution in [0.3, 0.4) is 0 Å². The van der Waals surface area contributed by atoms with Crippen molar-refractivity contribution < 1.29 is 28.2 Å². The summed E-state index contributed by atoms with van der Waals surface area (Å²) < 4.78 is 30.6. The van der Waals surface area contributed by atoms with E-state index >= 15 is 0 Å². The van der Waals surface area contributed by atoms with Gasteiger partial charge in [0.1, 0.15) is 22.6 Å². The van der Waals surface area contributed by atoms with E-state index in [4.69, 9.17) is 15.2 Å². The zero-order valence-corrected chi connectivity index (χ0v) is 21.6. The number of ether oxygens (including phenoxy) is 3. The molecule has 0 aliphatic heterocycles. The lowest BCUT2D eigenvalue weighted by Gasteiger charge is -2.36. The average Bonchev–Trinajstić information content (AvgIpc) is 2.74. The Kier molecular flexibility index (Phi) is 8.78. The molecule has 0 fully saturated rings. The number of carbonyl (C=O) groups is 2. The molecule has 0 aliphatic carbocycles. The molecular weight excluding hydrogens is 455 g/mol. The van der Waals surface area contributed by atoms with Crippen LogP contribution in [0, 0.1) is 24.1 Å². The Labute approximate surface area is 205 Å². The van der Waals surface area contributed by atoms with Crippen LogP contribution in [0.25, 0.3) is 11.3 Å². The fraction of sp³-hybridized carbons (Fsp3) is 0.520. The zero-order chi connectivity index (χ0) is 26.6. The zero-order valence-electron chi connectivity index (χ0n) is 21.6. The van der Waals surface area contributed by atoms with Crippen LogP contribution >= 0.6 is 0 Å². The normalized spacial score (nSPS) is 14.1. The number of carbonyl (C=O) groups excluding carboxylic acids is 2. The second kappa shape index (κ2) is 11.0. The summed E-state index contributed by atoms with van der Waals surface area (Å²) in [4.78, 5) is 32.8. The van der Waals surface area contributed by atoms with Crippen molar-refractivity contribution in [2.45, 2.75) is 66.7 Å². The molecule has 2 aromatic rings. The number of methoxy groups -OCH3 is 1. The molecule has 2 heterocycles. The second-order valence-corrected chi connectivity index (χ2v) is 10.0. The van der Waals surface area contributed by atoms with Crippen LogP contribution < -0.4 is 15.8 Å². The van der Waals surface area contributed by atoms with E-state index < -0.39 is 35.1 Å². The number of hydrogen-bond donors (Lipinski definition) is 2. The van der Waals surface area contributed by atoms with Crippen molar-refractivity contribution in [3.8, 4) is 17.0 Å². The summed E-state index contributed by atoms with van der Waals surface area (Å²) in [6.07, 6.45) is -0.312. The van der Waals surface area contributed by atoms with Gasteiger partial charge in [0, 0.05) is 5.56 Å². The van der Waals surface area contributed by atoms with Crippen LogP contribution in [0.1, 0.15) is 53.7 Å². The number of nitrogens with two attached hydrogens (primary N) is 1. The van der Waals surface area contributed by atoms with Gasteiger partial charge in [-0.2, -0.15) is 0 Å². The van der Waals surface area contributed by atoms with E-state index in [1.54, 1.807) is 46.8 Å². The van der Waals surface area contributed by atoms with Gasteiger partial charge >= 0.3 is 12.1 Å². The first kappa shape index (κ1) is 28.0. The first-order valence-electron chi connectivity index (χ1n) is 11.3. The summed E-state index contributed by atoms with van der Waals surface area (Å²) in [5.74, 6) is -0.449.